The summed E-state index contributed by atoms with van der Waals surface area (Å²) in [4.78, 5) is 17.6. The fourth-order valence-corrected chi connectivity index (χ4v) is 3.88. The summed E-state index contributed by atoms with van der Waals surface area (Å²) in [5, 5.41) is 5.78. The highest BCUT2D eigenvalue weighted by Crippen LogP contribution is 2.23. The highest BCUT2D eigenvalue weighted by Gasteiger charge is 2.10. The maximum Gasteiger partial charge on any atom is 0.230 e. The lowest BCUT2D eigenvalue weighted by Crippen LogP contribution is -2.24. The number of aromatic nitrogens is 2. The van der Waals surface area contributed by atoms with Crippen LogP contribution in [-0.2, 0) is 11.3 Å². The molecule has 0 fully saturated rings. The number of hydrogen-bond donors (Lipinski definition) is 1. The lowest BCUT2D eigenvalue weighted by molar-refractivity contribution is -0.118. The lowest BCUT2D eigenvalue weighted by atomic mass is 10.1. The van der Waals surface area contributed by atoms with E-state index in [0.717, 1.165) is 15.7 Å². The van der Waals surface area contributed by atoms with Crippen molar-refractivity contribution in [3.05, 3.63) is 64.1 Å². The minimum absolute atomic E-state index is 0.0172. The number of nitrogens with zero attached hydrogens (tertiary/aromatic N) is 2. The van der Waals surface area contributed by atoms with Gasteiger partial charge in [0.25, 0.3) is 0 Å². The first-order valence-electron chi connectivity index (χ1n) is 7.66. The average Bonchev–Trinajstić information content (AvgIpc) is 3.22. The molecule has 2 aromatic heterocycles. The molecule has 0 aliphatic heterocycles. The van der Waals surface area contributed by atoms with Crippen LogP contribution in [-0.4, -0.2) is 21.2 Å². The van der Waals surface area contributed by atoms with E-state index in [-0.39, 0.29) is 5.91 Å². The van der Waals surface area contributed by atoms with E-state index in [9.17, 15) is 4.79 Å². The van der Waals surface area contributed by atoms with Crippen molar-refractivity contribution < 1.29 is 4.79 Å². The third kappa shape index (κ3) is 4.07. The zero-order valence-electron chi connectivity index (χ0n) is 13.7. The molecule has 0 radical (unpaired) electrons. The van der Waals surface area contributed by atoms with Gasteiger partial charge in [0.05, 0.1) is 18.0 Å². The van der Waals surface area contributed by atoms with Gasteiger partial charge in [-0.3, -0.25) is 9.36 Å². The number of hydrogen-bond acceptors (Lipinski definition) is 4. The minimum atomic E-state index is 0.0172. The zero-order chi connectivity index (χ0) is 16.9. The molecule has 1 amide bonds. The van der Waals surface area contributed by atoms with Crippen LogP contribution in [0.1, 0.15) is 16.0 Å². The third-order valence-corrected chi connectivity index (χ3v) is 5.43. The average molecular weight is 358 g/mol. The van der Waals surface area contributed by atoms with Crippen molar-refractivity contribution in [2.45, 2.75) is 25.5 Å². The second-order valence-electron chi connectivity index (χ2n) is 5.51. The largest absolute Gasteiger partial charge is 0.350 e. The van der Waals surface area contributed by atoms with Crippen LogP contribution in [0.15, 0.2) is 53.3 Å². The van der Waals surface area contributed by atoms with E-state index in [2.05, 4.69) is 42.3 Å². The van der Waals surface area contributed by atoms with Crippen LogP contribution in [0.5, 0.6) is 0 Å². The van der Waals surface area contributed by atoms with Crippen LogP contribution in [0.25, 0.3) is 5.69 Å². The number of nitrogens with one attached hydrogen (secondary N) is 1. The summed E-state index contributed by atoms with van der Waals surface area (Å²) >= 11 is 3.10. The van der Waals surface area contributed by atoms with Crippen molar-refractivity contribution in [3.63, 3.8) is 0 Å². The van der Waals surface area contributed by atoms with Crippen molar-refractivity contribution in [2.24, 2.45) is 0 Å². The summed E-state index contributed by atoms with van der Waals surface area (Å²) in [6.45, 7) is 4.76. The Morgan fingerprint density at radius 1 is 1.33 bits per heavy atom. The van der Waals surface area contributed by atoms with Crippen LogP contribution in [0, 0.1) is 13.8 Å². The fourth-order valence-electron chi connectivity index (χ4n) is 2.44. The van der Waals surface area contributed by atoms with Gasteiger partial charge in [0.1, 0.15) is 0 Å². The van der Waals surface area contributed by atoms with Gasteiger partial charge in [0.2, 0.25) is 5.91 Å². The molecule has 3 aromatic rings. The van der Waals surface area contributed by atoms with E-state index in [1.165, 1.54) is 22.9 Å². The predicted octanol–water partition coefficient (Wildman–Crippen LogP) is 3.96. The van der Waals surface area contributed by atoms with E-state index < -0.39 is 0 Å². The quantitative estimate of drug-likeness (QED) is 0.679. The monoisotopic (exact) mass is 357 g/mol. The fraction of sp³-hybridized carbons (Fsp3) is 0.222. The number of carbonyl (C=O) groups is 1. The molecule has 0 aliphatic rings. The second kappa shape index (κ2) is 7.68. The number of thioether (sulfide) groups is 1. The number of benzene rings is 1. The number of rotatable bonds is 6. The van der Waals surface area contributed by atoms with Gasteiger partial charge in [-0.1, -0.05) is 35.5 Å². The smallest absolute Gasteiger partial charge is 0.230 e. The Kier molecular flexibility index (Phi) is 5.37. The van der Waals surface area contributed by atoms with Gasteiger partial charge in [-0.25, -0.2) is 4.98 Å². The molecule has 1 N–H and O–H groups in total. The summed E-state index contributed by atoms with van der Waals surface area (Å²) in [5.41, 5.74) is 3.52. The summed E-state index contributed by atoms with van der Waals surface area (Å²) in [5.74, 6) is 0.372. The molecule has 0 atom stereocenters. The normalized spacial score (nSPS) is 10.8. The summed E-state index contributed by atoms with van der Waals surface area (Å²) < 4.78 is 2.03. The molecule has 0 aliphatic carbocycles. The standard InChI is InChI=1S/C18H19N3OS2/c1-13-5-6-16(14(2)10-13)21-8-7-19-18(21)24-12-17(22)20-11-15-4-3-9-23-15/h3-10H,11-12H2,1-2H3,(H,20,22). The summed E-state index contributed by atoms with van der Waals surface area (Å²) in [7, 11) is 0. The van der Waals surface area contributed by atoms with E-state index in [1.54, 1.807) is 17.5 Å². The number of carbonyl (C=O) groups excluding carboxylic acids is 1. The maximum absolute atomic E-state index is 12.0. The van der Waals surface area contributed by atoms with E-state index in [1.807, 2.05) is 28.3 Å². The molecule has 6 heteroatoms. The van der Waals surface area contributed by atoms with Crippen molar-refractivity contribution in [3.8, 4) is 5.69 Å². The molecule has 2 heterocycles. The number of aryl methyl sites for hydroxylation is 2. The van der Waals surface area contributed by atoms with E-state index in [4.69, 9.17) is 0 Å². The molecule has 0 bridgehead atoms. The van der Waals surface area contributed by atoms with Gasteiger partial charge in [-0.2, -0.15) is 0 Å². The molecule has 0 saturated heterocycles. The zero-order valence-corrected chi connectivity index (χ0v) is 15.3. The van der Waals surface area contributed by atoms with Crippen LogP contribution in [0.4, 0.5) is 0 Å². The predicted molar refractivity (Wildman–Crippen MR) is 99.9 cm³/mol. The van der Waals surface area contributed by atoms with Crippen molar-refractivity contribution in [1.29, 1.82) is 0 Å². The molecule has 3 rings (SSSR count). The molecule has 0 saturated carbocycles. The molecule has 1 aromatic carbocycles. The first kappa shape index (κ1) is 16.8. The summed E-state index contributed by atoms with van der Waals surface area (Å²) in [6, 6.07) is 10.3. The SMILES string of the molecule is Cc1ccc(-n2ccnc2SCC(=O)NCc2cccs2)c(C)c1. The highest BCUT2D eigenvalue weighted by molar-refractivity contribution is 7.99. The van der Waals surface area contributed by atoms with Gasteiger partial charge in [0.15, 0.2) is 5.16 Å². The molecule has 0 unspecified atom stereocenters. The number of imidazole rings is 1. The number of thiophene rings is 1. The minimum Gasteiger partial charge on any atom is -0.350 e. The van der Waals surface area contributed by atoms with Gasteiger partial charge < -0.3 is 5.32 Å². The Balaban J connectivity index is 1.62. The molecule has 4 nitrogen and oxygen atoms in total. The molecule has 0 spiro atoms. The van der Waals surface area contributed by atoms with Crippen LogP contribution in [0.2, 0.25) is 0 Å². The van der Waals surface area contributed by atoms with E-state index in [0.29, 0.717) is 12.3 Å². The van der Waals surface area contributed by atoms with Crippen LogP contribution in [0.3, 0.4) is 0 Å². The van der Waals surface area contributed by atoms with Crippen molar-refractivity contribution in [1.82, 2.24) is 14.9 Å². The van der Waals surface area contributed by atoms with E-state index >= 15 is 0 Å². The summed E-state index contributed by atoms with van der Waals surface area (Å²) in [6.07, 6.45) is 3.70. The van der Waals surface area contributed by atoms with Crippen LogP contribution >= 0.6 is 23.1 Å². The Labute approximate surface area is 149 Å². The van der Waals surface area contributed by atoms with Gasteiger partial charge in [-0.05, 0) is 36.9 Å². The van der Waals surface area contributed by atoms with Crippen molar-refractivity contribution >= 4 is 29.0 Å². The van der Waals surface area contributed by atoms with Crippen LogP contribution < -0.4 is 5.32 Å². The topological polar surface area (TPSA) is 46.9 Å². The maximum atomic E-state index is 12.0. The third-order valence-electron chi connectivity index (χ3n) is 3.59. The highest BCUT2D eigenvalue weighted by atomic mass is 32.2. The van der Waals surface area contributed by atoms with Gasteiger partial charge in [-0.15, -0.1) is 11.3 Å². The second-order valence-corrected chi connectivity index (χ2v) is 7.49. The Bertz CT molecular complexity index is 825. The van der Waals surface area contributed by atoms with Gasteiger partial charge >= 0.3 is 0 Å². The Hall–Kier alpha value is -2.05. The Morgan fingerprint density at radius 3 is 2.96 bits per heavy atom. The first-order chi connectivity index (χ1) is 11.6. The molecule has 124 valence electrons. The van der Waals surface area contributed by atoms with Crippen molar-refractivity contribution in [2.75, 3.05) is 5.75 Å². The number of amides is 1. The molecular weight excluding hydrogens is 338 g/mol. The first-order valence-corrected chi connectivity index (χ1v) is 9.53. The lowest BCUT2D eigenvalue weighted by Gasteiger charge is -2.11. The van der Waals surface area contributed by atoms with Gasteiger partial charge in [0, 0.05) is 17.3 Å². The molecular formula is C18H19N3OS2. The molecule has 24 heavy (non-hydrogen) atoms. The Morgan fingerprint density at radius 2 is 2.21 bits per heavy atom.